The van der Waals surface area contributed by atoms with Gasteiger partial charge in [0.2, 0.25) is 0 Å². The highest BCUT2D eigenvalue weighted by Crippen LogP contribution is 2.15. The second-order valence-corrected chi connectivity index (χ2v) is 2.71. The molecule has 1 aromatic rings. The minimum absolute atomic E-state index is 0.104. The predicted molar refractivity (Wildman–Crippen MR) is 52.5 cm³/mol. The largest absolute Gasteiger partial charge is 0.465 e. The average molecular weight is 208 g/mol. The molecule has 1 aromatic carbocycles. The smallest absolute Gasteiger partial charge is 0.338 e. The Balaban J connectivity index is 3.10. The van der Waals surface area contributed by atoms with Crippen LogP contribution in [0.2, 0.25) is 0 Å². The molecule has 0 aliphatic carbocycles. The highest BCUT2D eigenvalue weighted by molar-refractivity contribution is 6.19. The molecule has 15 heavy (non-hydrogen) atoms. The first kappa shape index (κ1) is 11.1. The molecule has 0 radical (unpaired) electrons. The molecule has 0 heterocycles. The Bertz CT molecular complexity index is 393. The van der Waals surface area contributed by atoms with E-state index in [4.69, 9.17) is 0 Å². The Morgan fingerprint density at radius 1 is 1.33 bits per heavy atom. The van der Waals surface area contributed by atoms with Gasteiger partial charge in [0.05, 0.1) is 12.7 Å². The van der Waals surface area contributed by atoms with Gasteiger partial charge in [0, 0.05) is 0 Å². The molecule has 3 nitrogen and oxygen atoms in total. The van der Waals surface area contributed by atoms with E-state index < -0.39 is 11.8 Å². The number of carbonyl (C=O) groups excluding carboxylic acids is 2. The fraction of sp³-hybridized carbons (Fsp3) is 0.0909. The van der Waals surface area contributed by atoms with E-state index in [-0.39, 0.29) is 5.57 Å². The normalized spacial score (nSPS) is 10.9. The molecule has 0 amide bonds. The van der Waals surface area contributed by atoms with Crippen LogP contribution < -0.4 is 0 Å². The molecule has 0 saturated heterocycles. The SMILES string of the molecule is COC(=O)C(=CC=O)c1ccc(F)cc1. The van der Waals surface area contributed by atoms with Gasteiger partial charge in [0.1, 0.15) is 12.1 Å². The van der Waals surface area contributed by atoms with Crippen molar-refractivity contribution in [3.63, 3.8) is 0 Å². The van der Waals surface area contributed by atoms with Gasteiger partial charge < -0.3 is 4.74 Å². The van der Waals surface area contributed by atoms with Crippen molar-refractivity contribution in [1.29, 1.82) is 0 Å². The number of benzene rings is 1. The van der Waals surface area contributed by atoms with Crippen LogP contribution >= 0.6 is 0 Å². The van der Waals surface area contributed by atoms with Gasteiger partial charge in [-0.3, -0.25) is 4.79 Å². The number of hydrogen-bond donors (Lipinski definition) is 0. The van der Waals surface area contributed by atoms with Gasteiger partial charge >= 0.3 is 5.97 Å². The lowest BCUT2D eigenvalue weighted by Crippen LogP contribution is -2.04. The molecular weight excluding hydrogens is 199 g/mol. The summed E-state index contributed by atoms with van der Waals surface area (Å²) in [6.07, 6.45) is 1.56. The van der Waals surface area contributed by atoms with Gasteiger partial charge in [-0.25, -0.2) is 9.18 Å². The van der Waals surface area contributed by atoms with Gasteiger partial charge in [0.25, 0.3) is 0 Å². The topological polar surface area (TPSA) is 43.4 Å². The third-order valence-corrected chi connectivity index (χ3v) is 1.80. The molecule has 0 aromatic heterocycles. The lowest BCUT2D eigenvalue weighted by molar-refractivity contribution is -0.133. The Kier molecular flexibility index (Phi) is 3.74. The van der Waals surface area contributed by atoms with Crippen LogP contribution in [0.5, 0.6) is 0 Å². The fourth-order valence-electron chi connectivity index (χ4n) is 1.09. The minimum atomic E-state index is -0.631. The Labute approximate surface area is 86.2 Å². The Hall–Kier alpha value is -1.97. The number of hydrogen-bond acceptors (Lipinski definition) is 3. The Morgan fingerprint density at radius 3 is 2.40 bits per heavy atom. The third-order valence-electron chi connectivity index (χ3n) is 1.80. The van der Waals surface area contributed by atoms with Crippen molar-refractivity contribution in [2.75, 3.05) is 7.11 Å². The summed E-state index contributed by atoms with van der Waals surface area (Å²) in [4.78, 5) is 21.6. The predicted octanol–water partition coefficient (Wildman–Crippen LogP) is 1.58. The molecule has 0 atom stereocenters. The number of carbonyl (C=O) groups is 2. The summed E-state index contributed by atoms with van der Waals surface area (Å²) in [5.74, 6) is -1.04. The number of methoxy groups -OCH3 is 1. The van der Waals surface area contributed by atoms with Crippen LogP contribution in [0.15, 0.2) is 30.3 Å². The number of rotatable bonds is 3. The zero-order chi connectivity index (χ0) is 11.3. The van der Waals surface area contributed by atoms with Crippen LogP contribution in [0.4, 0.5) is 4.39 Å². The van der Waals surface area contributed by atoms with Crippen molar-refractivity contribution in [2.45, 2.75) is 0 Å². The van der Waals surface area contributed by atoms with Gasteiger partial charge in [-0.05, 0) is 23.8 Å². The molecule has 0 spiro atoms. The summed E-state index contributed by atoms with van der Waals surface area (Å²) in [5, 5.41) is 0. The van der Waals surface area contributed by atoms with Crippen molar-refractivity contribution >= 4 is 17.8 Å². The highest BCUT2D eigenvalue weighted by atomic mass is 19.1. The maximum Gasteiger partial charge on any atom is 0.338 e. The zero-order valence-corrected chi connectivity index (χ0v) is 8.07. The lowest BCUT2D eigenvalue weighted by atomic mass is 10.1. The van der Waals surface area contributed by atoms with Crippen LogP contribution in [0.1, 0.15) is 5.56 Å². The zero-order valence-electron chi connectivity index (χ0n) is 8.07. The number of allylic oxidation sites excluding steroid dienone is 1. The molecule has 0 unspecified atom stereocenters. The third kappa shape index (κ3) is 2.74. The average Bonchev–Trinajstić information content (AvgIpc) is 2.26. The second kappa shape index (κ2) is 5.05. The van der Waals surface area contributed by atoms with E-state index in [9.17, 15) is 14.0 Å². The molecule has 4 heteroatoms. The summed E-state index contributed by atoms with van der Waals surface area (Å²) >= 11 is 0. The molecule has 78 valence electrons. The molecule has 0 saturated carbocycles. The van der Waals surface area contributed by atoms with Gasteiger partial charge in [-0.1, -0.05) is 12.1 Å². The van der Waals surface area contributed by atoms with Crippen molar-refractivity contribution in [3.05, 3.63) is 41.7 Å². The molecule has 0 N–H and O–H groups in total. The monoisotopic (exact) mass is 208 g/mol. The van der Waals surface area contributed by atoms with E-state index in [1.54, 1.807) is 0 Å². The molecule has 0 bridgehead atoms. The summed E-state index contributed by atoms with van der Waals surface area (Å²) in [5.41, 5.74) is 0.544. The van der Waals surface area contributed by atoms with E-state index in [1.165, 1.54) is 31.4 Å². The van der Waals surface area contributed by atoms with Crippen molar-refractivity contribution in [2.24, 2.45) is 0 Å². The van der Waals surface area contributed by atoms with Crippen LogP contribution in [-0.4, -0.2) is 19.4 Å². The lowest BCUT2D eigenvalue weighted by Gasteiger charge is -2.03. The van der Waals surface area contributed by atoms with Crippen molar-refractivity contribution in [1.82, 2.24) is 0 Å². The number of halogens is 1. The highest BCUT2D eigenvalue weighted by Gasteiger charge is 2.11. The molecular formula is C11H9FO3. The minimum Gasteiger partial charge on any atom is -0.465 e. The van der Waals surface area contributed by atoms with E-state index in [0.29, 0.717) is 11.8 Å². The summed E-state index contributed by atoms with van der Waals surface area (Å²) in [6, 6.07) is 5.22. The number of aldehydes is 1. The van der Waals surface area contributed by atoms with Gasteiger partial charge in [-0.2, -0.15) is 0 Å². The summed E-state index contributed by atoms with van der Waals surface area (Å²) in [7, 11) is 1.21. The van der Waals surface area contributed by atoms with Crippen molar-refractivity contribution < 1.29 is 18.7 Å². The molecule has 0 aliphatic rings. The van der Waals surface area contributed by atoms with E-state index >= 15 is 0 Å². The summed E-state index contributed by atoms with van der Waals surface area (Å²) in [6.45, 7) is 0. The number of esters is 1. The van der Waals surface area contributed by atoms with Gasteiger partial charge in [-0.15, -0.1) is 0 Å². The van der Waals surface area contributed by atoms with Crippen molar-refractivity contribution in [3.8, 4) is 0 Å². The first-order valence-corrected chi connectivity index (χ1v) is 4.18. The van der Waals surface area contributed by atoms with Crippen LogP contribution in [-0.2, 0) is 14.3 Å². The van der Waals surface area contributed by atoms with Crippen LogP contribution in [0.3, 0.4) is 0 Å². The standard InChI is InChI=1S/C11H9FO3/c1-15-11(14)10(6-7-13)8-2-4-9(12)5-3-8/h2-7H,1H3. The van der Waals surface area contributed by atoms with Crippen LogP contribution in [0.25, 0.3) is 5.57 Å². The summed E-state index contributed by atoms with van der Waals surface area (Å²) < 4.78 is 17.1. The van der Waals surface area contributed by atoms with E-state index in [1.807, 2.05) is 0 Å². The second-order valence-electron chi connectivity index (χ2n) is 2.71. The maximum atomic E-state index is 12.6. The fourth-order valence-corrected chi connectivity index (χ4v) is 1.09. The van der Waals surface area contributed by atoms with Crippen LogP contribution in [0, 0.1) is 5.82 Å². The molecule has 1 rings (SSSR count). The van der Waals surface area contributed by atoms with E-state index in [2.05, 4.69) is 4.74 Å². The molecule has 0 fully saturated rings. The molecule has 0 aliphatic heterocycles. The first-order valence-electron chi connectivity index (χ1n) is 4.18. The quantitative estimate of drug-likeness (QED) is 0.430. The number of ether oxygens (including phenoxy) is 1. The van der Waals surface area contributed by atoms with E-state index in [0.717, 1.165) is 6.08 Å². The Morgan fingerprint density at radius 2 is 1.93 bits per heavy atom. The first-order chi connectivity index (χ1) is 7.19. The maximum absolute atomic E-state index is 12.6. The van der Waals surface area contributed by atoms with Gasteiger partial charge in [0.15, 0.2) is 0 Å².